The Morgan fingerprint density at radius 3 is 2.65 bits per heavy atom. The molecule has 1 unspecified atom stereocenters. The number of imide groups is 1. The number of carbonyl (C=O) groups excluding carboxylic acids is 2. The minimum absolute atomic E-state index is 0.0194. The lowest BCUT2D eigenvalue weighted by Crippen LogP contribution is -3.16. The Morgan fingerprint density at radius 2 is 2.05 bits per heavy atom. The quantitative estimate of drug-likeness (QED) is 0.715. The number of carbonyl (C=O) groups is 2. The van der Waals surface area contributed by atoms with E-state index in [1.54, 1.807) is 6.07 Å². The molecule has 20 heavy (non-hydrogen) atoms. The molecule has 2 rings (SSSR count). The van der Waals surface area contributed by atoms with Crippen molar-refractivity contribution in [3.05, 3.63) is 29.8 Å². The molecule has 2 atom stereocenters. The minimum Gasteiger partial charge on any atom is -0.391 e. The summed E-state index contributed by atoms with van der Waals surface area (Å²) in [5.41, 5.74) is 1.58. The minimum atomic E-state index is -0.376. The molecule has 0 radical (unpaired) electrons. The molecule has 1 heterocycles. The molecule has 2 N–H and O–H groups in total. The van der Waals surface area contributed by atoms with Crippen LogP contribution in [0.15, 0.2) is 24.3 Å². The zero-order valence-electron chi connectivity index (χ0n) is 11.9. The first-order valence-corrected chi connectivity index (χ1v) is 6.98. The van der Waals surface area contributed by atoms with Gasteiger partial charge in [0.1, 0.15) is 6.54 Å². The van der Waals surface area contributed by atoms with Crippen LogP contribution in [0.2, 0.25) is 0 Å². The van der Waals surface area contributed by atoms with Gasteiger partial charge >= 0.3 is 0 Å². The topological polar surface area (TPSA) is 62.1 Å². The van der Waals surface area contributed by atoms with E-state index in [9.17, 15) is 9.59 Å². The summed E-state index contributed by atoms with van der Waals surface area (Å²) in [6.45, 7) is 5.07. The molecule has 1 saturated heterocycles. The number of amides is 2. The summed E-state index contributed by atoms with van der Waals surface area (Å²) in [5.74, 6) is -0.312. The van der Waals surface area contributed by atoms with E-state index in [1.165, 1.54) is 4.90 Å². The molecule has 0 bridgehead atoms. The fourth-order valence-corrected chi connectivity index (χ4v) is 2.76. The molecule has 0 saturated carbocycles. The zero-order chi connectivity index (χ0) is 14.7. The second kappa shape index (κ2) is 6.15. The van der Waals surface area contributed by atoms with Crippen molar-refractivity contribution in [2.75, 3.05) is 24.6 Å². The fourth-order valence-electron chi connectivity index (χ4n) is 2.76. The summed E-state index contributed by atoms with van der Waals surface area (Å²) < 4.78 is 0. The van der Waals surface area contributed by atoms with E-state index in [-0.39, 0.29) is 30.9 Å². The van der Waals surface area contributed by atoms with E-state index in [2.05, 4.69) is 0 Å². The molecule has 5 heteroatoms. The van der Waals surface area contributed by atoms with E-state index < -0.39 is 0 Å². The van der Waals surface area contributed by atoms with Crippen LogP contribution in [0.4, 0.5) is 5.69 Å². The van der Waals surface area contributed by atoms with Gasteiger partial charge in [-0.05, 0) is 25.5 Å². The van der Waals surface area contributed by atoms with Crippen LogP contribution in [0.3, 0.4) is 0 Å². The van der Waals surface area contributed by atoms with Crippen LogP contribution < -0.4 is 9.80 Å². The number of aliphatic hydroxyl groups is 1. The molecular formula is C15H21N2O3+. The van der Waals surface area contributed by atoms with Crippen molar-refractivity contribution < 1.29 is 19.6 Å². The molecule has 0 aromatic heterocycles. The number of nitrogens with one attached hydrogen (secondary N) is 1. The van der Waals surface area contributed by atoms with E-state index in [0.29, 0.717) is 18.8 Å². The van der Waals surface area contributed by atoms with Crippen LogP contribution in [0.5, 0.6) is 0 Å². The molecule has 1 aromatic carbocycles. The number of aryl methyl sites for hydroxylation is 1. The average molecular weight is 277 g/mol. The fraction of sp³-hybridized carbons (Fsp3) is 0.467. The highest BCUT2D eigenvalue weighted by atomic mass is 16.3. The Labute approximate surface area is 118 Å². The van der Waals surface area contributed by atoms with Crippen LogP contribution in [0.25, 0.3) is 0 Å². The highest BCUT2D eigenvalue weighted by molar-refractivity contribution is 6.22. The largest absolute Gasteiger partial charge is 0.391 e. The third-order valence-electron chi connectivity index (χ3n) is 3.88. The number of benzene rings is 1. The van der Waals surface area contributed by atoms with Gasteiger partial charge in [0.15, 0.2) is 6.04 Å². The standard InChI is InChI=1S/C15H20N2O3/c1-3-16(8-9-18)13-10-14(19)17(15(13)20)12-7-5-4-6-11(12)2/h4-7,13,18H,3,8-10H2,1-2H3/p+1/t13-/m1/s1. The molecule has 5 nitrogen and oxygen atoms in total. The van der Waals surface area contributed by atoms with Gasteiger partial charge < -0.3 is 10.0 Å². The summed E-state index contributed by atoms with van der Waals surface area (Å²) in [4.78, 5) is 27.0. The van der Waals surface area contributed by atoms with Crippen molar-refractivity contribution in [1.82, 2.24) is 0 Å². The van der Waals surface area contributed by atoms with Gasteiger partial charge in [0, 0.05) is 0 Å². The highest BCUT2D eigenvalue weighted by Crippen LogP contribution is 2.25. The maximum Gasteiger partial charge on any atom is 0.292 e. The zero-order valence-corrected chi connectivity index (χ0v) is 11.9. The maximum atomic E-state index is 12.5. The lowest BCUT2D eigenvalue weighted by Gasteiger charge is -2.22. The molecule has 0 aliphatic carbocycles. The number of quaternary nitrogens is 1. The molecular weight excluding hydrogens is 256 g/mol. The van der Waals surface area contributed by atoms with Crippen LogP contribution in [-0.4, -0.2) is 42.7 Å². The summed E-state index contributed by atoms with van der Waals surface area (Å²) in [7, 11) is 0. The van der Waals surface area contributed by atoms with Crippen LogP contribution >= 0.6 is 0 Å². The van der Waals surface area contributed by atoms with E-state index in [0.717, 1.165) is 10.5 Å². The summed E-state index contributed by atoms with van der Waals surface area (Å²) in [6.07, 6.45) is 0.219. The van der Waals surface area contributed by atoms with Crippen molar-refractivity contribution in [2.45, 2.75) is 26.3 Å². The molecule has 1 fully saturated rings. The van der Waals surface area contributed by atoms with Crippen LogP contribution in [0.1, 0.15) is 18.9 Å². The van der Waals surface area contributed by atoms with Crippen LogP contribution in [0, 0.1) is 6.92 Å². The molecule has 0 spiro atoms. The third kappa shape index (κ3) is 2.59. The molecule has 1 aliphatic heterocycles. The Morgan fingerprint density at radius 1 is 1.35 bits per heavy atom. The average Bonchev–Trinajstić information content (AvgIpc) is 2.72. The Balaban J connectivity index is 2.28. The second-order valence-electron chi connectivity index (χ2n) is 5.10. The van der Waals surface area contributed by atoms with Gasteiger partial charge in [-0.2, -0.15) is 0 Å². The van der Waals surface area contributed by atoms with Crippen molar-refractivity contribution in [1.29, 1.82) is 0 Å². The monoisotopic (exact) mass is 277 g/mol. The Bertz CT molecular complexity index is 516. The van der Waals surface area contributed by atoms with Gasteiger partial charge in [0.05, 0.1) is 25.3 Å². The van der Waals surface area contributed by atoms with E-state index in [4.69, 9.17) is 5.11 Å². The smallest absolute Gasteiger partial charge is 0.292 e. The summed E-state index contributed by atoms with van der Waals surface area (Å²) >= 11 is 0. The van der Waals surface area contributed by atoms with Crippen LogP contribution in [-0.2, 0) is 9.59 Å². The number of rotatable bonds is 5. The number of aliphatic hydroxyl groups excluding tert-OH is 1. The Kier molecular flexibility index (Phi) is 4.52. The van der Waals surface area contributed by atoms with E-state index >= 15 is 0 Å². The van der Waals surface area contributed by atoms with Crippen molar-refractivity contribution in [2.24, 2.45) is 0 Å². The van der Waals surface area contributed by atoms with Gasteiger partial charge in [-0.1, -0.05) is 18.2 Å². The number of hydrogen-bond acceptors (Lipinski definition) is 3. The van der Waals surface area contributed by atoms with Gasteiger partial charge in [-0.15, -0.1) is 0 Å². The number of anilines is 1. The number of hydrogen-bond donors (Lipinski definition) is 2. The van der Waals surface area contributed by atoms with E-state index in [1.807, 2.05) is 32.0 Å². The Hall–Kier alpha value is -1.72. The third-order valence-corrected chi connectivity index (χ3v) is 3.88. The van der Waals surface area contributed by atoms with Gasteiger partial charge in [0.25, 0.3) is 5.91 Å². The highest BCUT2D eigenvalue weighted by Gasteiger charge is 2.45. The first-order chi connectivity index (χ1) is 9.60. The lowest BCUT2D eigenvalue weighted by atomic mass is 10.2. The first-order valence-electron chi connectivity index (χ1n) is 6.98. The van der Waals surface area contributed by atoms with Gasteiger partial charge in [0.2, 0.25) is 5.91 Å². The molecule has 1 aliphatic rings. The van der Waals surface area contributed by atoms with Gasteiger partial charge in [-0.25, -0.2) is 4.90 Å². The second-order valence-corrected chi connectivity index (χ2v) is 5.10. The molecule has 108 valence electrons. The van der Waals surface area contributed by atoms with Gasteiger partial charge in [-0.3, -0.25) is 9.59 Å². The van der Waals surface area contributed by atoms with Crippen molar-refractivity contribution in [3.63, 3.8) is 0 Å². The summed E-state index contributed by atoms with van der Waals surface area (Å²) in [6, 6.07) is 7.02. The van der Waals surface area contributed by atoms with Crippen molar-refractivity contribution in [3.8, 4) is 0 Å². The molecule has 1 aromatic rings. The number of likely N-dealkylation sites (N-methyl/N-ethyl adjacent to an activating group) is 1. The first kappa shape index (κ1) is 14.7. The normalized spacial score (nSPS) is 20.6. The summed E-state index contributed by atoms with van der Waals surface area (Å²) in [5, 5.41) is 9.08. The predicted molar refractivity (Wildman–Crippen MR) is 75.5 cm³/mol. The maximum absolute atomic E-state index is 12.5. The predicted octanol–water partition coefficient (Wildman–Crippen LogP) is -0.476. The molecule has 2 amide bonds. The lowest BCUT2D eigenvalue weighted by molar-refractivity contribution is -0.913. The number of para-hydroxylation sites is 1. The van der Waals surface area contributed by atoms with Crippen molar-refractivity contribution >= 4 is 17.5 Å². The number of nitrogens with zero attached hydrogens (tertiary/aromatic N) is 1. The SMILES string of the molecule is CC[NH+](CCO)[C@@H]1CC(=O)N(c2ccccc2C)C1=O.